The highest BCUT2D eigenvalue weighted by Gasteiger charge is 2.36. The Bertz CT molecular complexity index is 432. The Kier molecular flexibility index (Phi) is 2.78. The summed E-state index contributed by atoms with van der Waals surface area (Å²) in [5, 5.41) is 21.7. The molecule has 1 aromatic rings. The lowest BCUT2D eigenvalue weighted by molar-refractivity contribution is -0.141. The van der Waals surface area contributed by atoms with E-state index in [9.17, 15) is 4.79 Å². The topological polar surface area (TPSA) is 80.9 Å². The summed E-state index contributed by atoms with van der Waals surface area (Å²) in [6.45, 7) is 0. The van der Waals surface area contributed by atoms with E-state index in [1.54, 1.807) is 0 Å². The van der Waals surface area contributed by atoms with Crippen molar-refractivity contribution in [2.45, 2.75) is 48.6 Å². The fraction of sp³-hybridized carbons (Fsp3) is 0.800. The van der Waals surface area contributed by atoms with Crippen molar-refractivity contribution in [3.8, 4) is 0 Å². The minimum atomic E-state index is -0.689. The second-order valence-corrected chi connectivity index (χ2v) is 5.88. The number of rotatable bonds is 4. The van der Waals surface area contributed by atoms with E-state index in [-0.39, 0.29) is 11.2 Å². The summed E-state index contributed by atoms with van der Waals surface area (Å²) in [7, 11) is 0. The first kappa shape index (κ1) is 11.0. The maximum atomic E-state index is 11.1. The van der Waals surface area contributed by atoms with Crippen LogP contribution in [0.2, 0.25) is 0 Å². The number of carboxylic acid groups (broad SMARTS) is 1. The van der Waals surface area contributed by atoms with Crippen molar-refractivity contribution in [3.63, 3.8) is 0 Å². The van der Waals surface area contributed by atoms with Crippen molar-refractivity contribution < 1.29 is 9.90 Å². The number of carbonyl (C=O) groups is 1. The number of tetrazole rings is 1. The zero-order valence-corrected chi connectivity index (χ0v) is 10.1. The SMILES string of the molecule is O=C(O)C1CCCC1Sc1nnnn1C1CC1. The van der Waals surface area contributed by atoms with E-state index in [0.717, 1.165) is 37.3 Å². The molecule has 3 rings (SSSR count). The average molecular weight is 254 g/mol. The number of hydrogen-bond acceptors (Lipinski definition) is 5. The first-order valence-electron chi connectivity index (χ1n) is 5.93. The molecule has 1 aromatic heterocycles. The lowest BCUT2D eigenvalue weighted by Gasteiger charge is -2.14. The maximum Gasteiger partial charge on any atom is 0.307 e. The molecule has 17 heavy (non-hydrogen) atoms. The van der Waals surface area contributed by atoms with Crippen molar-refractivity contribution >= 4 is 17.7 Å². The molecular weight excluding hydrogens is 240 g/mol. The summed E-state index contributed by atoms with van der Waals surface area (Å²) in [5.74, 6) is -0.935. The standard InChI is InChI=1S/C10H14N4O2S/c15-9(16)7-2-1-3-8(7)17-10-11-12-13-14(10)6-4-5-6/h6-8H,1-5H2,(H,15,16). The molecule has 1 heterocycles. The van der Waals surface area contributed by atoms with E-state index in [1.165, 1.54) is 11.8 Å². The molecule has 7 heteroatoms. The second-order valence-electron chi connectivity index (χ2n) is 4.67. The van der Waals surface area contributed by atoms with Crippen LogP contribution in [0, 0.1) is 5.92 Å². The Labute approximate surface area is 103 Å². The van der Waals surface area contributed by atoms with Crippen LogP contribution in [0.3, 0.4) is 0 Å². The zero-order valence-electron chi connectivity index (χ0n) is 9.32. The molecule has 0 radical (unpaired) electrons. The molecule has 2 saturated carbocycles. The van der Waals surface area contributed by atoms with Gasteiger partial charge in [0.1, 0.15) is 0 Å². The van der Waals surface area contributed by atoms with Gasteiger partial charge in [0.15, 0.2) is 0 Å². The van der Waals surface area contributed by atoms with Crippen LogP contribution in [0.15, 0.2) is 5.16 Å². The number of carboxylic acids is 1. The summed E-state index contributed by atoms with van der Waals surface area (Å²) in [4.78, 5) is 11.1. The third kappa shape index (κ3) is 2.15. The minimum absolute atomic E-state index is 0.121. The Morgan fingerprint density at radius 1 is 1.35 bits per heavy atom. The van der Waals surface area contributed by atoms with Gasteiger partial charge in [-0.3, -0.25) is 4.79 Å². The number of aromatic nitrogens is 4. The number of hydrogen-bond donors (Lipinski definition) is 1. The molecule has 2 aliphatic rings. The van der Waals surface area contributed by atoms with Crippen molar-refractivity contribution in [3.05, 3.63) is 0 Å². The Hall–Kier alpha value is -1.11. The molecule has 0 aliphatic heterocycles. The van der Waals surface area contributed by atoms with E-state index >= 15 is 0 Å². The molecule has 6 nitrogen and oxygen atoms in total. The Morgan fingerprint density at radius 2 is 2.18 bits per heavy atom. The normalized spacial score (nSPS) is 28.5. The summed E-state index contributed by atoms with van der Waals surface area (Å²) in [5.41, 5.74) is 0. The smallest absolute Gasteiger partial charge is 0.307 e. The van der Waals surface area contributed by atoms with Gasteiger partial charge in [-0.1, -0.05) is 18.2 Å². The average Bonchev–Trinajstić information content (AvgIpc) is 2.86. The molecule has 0 bridgehead atoms. The first-order chi connectivity index (χ1) is 8.25. The van der Waals surface area contributed by atoms with Crippen LogP contribution in [-0.4, -0.2) is 36.5 Å². The first-order valence-corrected chi connectivity index (χ1v) is 6.81. The van der Waals surface area contributed by atoms with Crippen molar-refractivity contribution in [1.82, 2.24) is 20.2 Å². The van der Waals surface area contributed by atoms with Crippen LogP contribution in [0.4, 0.5) is 0 Å². The maximum absolute atomic E-state index is 11.1. The zero-order chi connectivity index (χ0) is 11.8. The van der Waals surface area contributed by atoms with Gasteiger partial charge in [-0.25, -0.2) is 4.68 Å². The number of thioether (sulfide) groups is 1. The largest absolute Gasteiger partial charge is 0.481 e. The molecule has 2 aliphatic carbocycles. The van der Waals surface area contributed by atoms with Gasteiger partial charge in [0, 0.05) is 5.25 Å². The van der Waals surface area contributed by atoms with E-state index in [4.69, 9.17) is 5.11 Å². The molecule has 0 amide bonds. The van der Waals surface area contributed by atoms with Crippen LogP contribution in [0.1, 0.15) is 38.1 Å². The van der Waals surface area contributed by atoms with Crippen LogP contribution < -0.4 is 0 Å². The van der Waals surface area contributed by atoms with Gasteiger partial charge in [0.05, 0.1) is 12.0 Å². The highest BCUT2D eigenvalue weighted by Crippen LogP contribution is 2.41. The fourth-order valence-corrected chi connectivity index (χ4v) is 3.65. The molecule has 2 atom stereocenters. The fourth-order valence-electron chi connectivity index (χ4n) is 2.30. The van der Waals surface area contributed by atoms with Crippen molar-refractivity contribution in [2.24, 2.45) is 5.92 Å². The highest BCUT2D eigenvalue weighted by molar-refractivity contribution is 7.99. The highest BCUT2D eigenvalue weighted by atomic mass is 32.2. The number of nitrogens with zero attached hydrogens (tertiary/aromatic N) is 4. The third-order valence-corrected chi connectivity index (χ3v) is 4.73. The summed E-state index contributed by atoms with van der Waals surface area (Å²) >= 11 is 1.54. The summed E-state index contributed by atoms with van der Waals surface area (Å²) < 4.78 is 1.85. The molecular formula is C10H14N4O2S. The van der Waals surface area contributed by atoms with Gasteiger partial charge >= 0.3 is 5.97 Å². The molecule has 0 saturated heterocycles. The number of aliphatic carboxylic acids is 1. The van der Waals surface area contributed by atoms with Gasteiger partial charge in [0.2, 0.25) is 5.16 Å². The quantitative estimate of drug-likeness (QED) is 0.873. The van der Waals surface area contributed by atoms with Gasteiger partial charge in [-0.15, -0.1) is 5.10 Å². The van der Waals surface area contributed by atoms with Crippen LogP contribution in [-0.2, 0) is 4.79 Å². The van der Waals surface area contributed by atoms with Crippen LogP contribution in [0.5, 0.6) is 0 Å². The van der Waals surface area contributed by atoms with Crippen molar-refractivity contribution in [1.29, 1.82) is 0 Å². The van der Waals surface area contributed by atoms with Gasteiger partial charge in [-0.2, -0.15) is 0 Å². The lowest BCUT2D eigenvalue weighted by Crippen LogP contribution is -2.20. The molecule has 2 unspecified atom stereocenters. The lowest BCUT2D eigenvalue weighted by atomic mass is 10.1. The monoisotopic (exact) mass is 254 g/mol. The Balaban J connectivity index is 1.73. The third-order valence-electron chi connectivity index (χ3n) is 3.38. The van der Waals surface area contributed by atoms with Gasteiger partial charge in [0.25, 0.3) is 0 Å². The van der Waals surface area contributed by atoms with Crippen molar-refractivity contribution in [2.75, 3.05) is 0 Å². The van der Waals surface area contributed by atoms with E-state index in [1.807, 2.05) is 4.68 Å². The molecule has 0 aromatic carbocycles. The molecule has 1 N–H and O–H groups in total. The van der Waals surface area contributed by atoms with E-state index in [2.05, 4.69) is 15.5 Å². The molecule has 92 valence electrons. The van der Waals surface area contributed by atoms with Gasteiger partial charge in [-0.05, 0) is 36.1 Å². The predicted molar refractivity (Wildman–Crippen MR) is 60.7 cm³/mol. The second kappa shape index (κ2) is 4.29. The Morgan fingerprint density at radius 3 is 2.88 bits per heavy atom. The summed E-state index contributed by atoms with van der Waals surface area (Å²) in [6, 6.07) is 0.442. The van der Waals surface area contributed by atoms with Crippen LogP contribution in [0.25, 0.3) is 0 Å². The molecule has 2 fully saturated rings. The van der Waals surface area contributed by atoms with Crippen LogP contribution >= 0.6 is 11.8 Å². The van der Waals surface area contributed by atoms with Gasteiger partial charge < -0.3 is 5.11 Å². The predicted octanol–water partition coefficient (Wildman–Crippen LogP) is 1.35. The van der Waals surface area contributed by atoms with E-state index < -0.39 is 5.97 Å². The minimum Gasteiger partial charge on any atom is -0.481 e. The molecule has 0 spiro atoms. The summed E-state index contributed by atoms with van der Waals surface area (Å²) in [6.07, 6.45) is 4.97. The van der Waals surface area contributed by atoms with E-state index in [0.29, 0.717) is 6.04 Å².